The summed E-state index contributed by atoms with van der Waals surface area (Å²) in [6.45, 7) is 8.99. The van der Waals surface area contributed by atoms with Crippen LogP contribution in [0.25, 0.3) is 21.1 Å². The Morgan fingerprint density at radius 3 is 2.59 bits per heavy atom. The quantitative estimate of drug-likeness (QED) is 0.334. The summed E-state index contributed by atoms with van der Waals surface area (Å²) >= 11 is 1.43. The highest BCUT2D eigenvalue weighted by molar-refractivity contribution is 7.17. The number of fused-ring (bicyclic) bond motifs is 1. The lowest BCUT2D eigenvalue weighted by Crippen LogP contribution is -2.41. The number of benzene rings is 2. The van der Waals surface area contributed by atoms with Crippen molar-refractivity contribution < 1.29 is 23.8 Å². The molecule has 1 aliphatic rings. The average molecular weight is 549 g/mol. The van der Waals surface area contributed by atoms with Crippen LogP contribution in [-0.2, 0) is 20.7 Å². The molecule has 3 aromatic rings. The van der Waals surface area contributed by atoms with Crippen LogP contribution in [0.15, 0.2) is 36.4 Å². The Morgan fingerprint density at radius 1 is 1.18 bits per heavy atom. The highest BCUT2D eigenvalue weighted by Crippen LogP contribution is 2.42. The molecule has 0 saturated heterocycles. The van der Waals surface area contributed by atoms with Gasteiger partial charge in [0.25, 0.3) is 0 Å². The number of esters is 1. The molecule has 0 N–H and O–H groups in total. The van der Waals surface area contributed by atoms with Gasteiger partial charge in [0.15, 0.2) is 0 Å². The second-order valence-corrected chi connectivity index (χ2v) is 11.5. The van der Waals surface area contributed by atoms with Crippen LogP contribution in [0.4, 0.5) is 4.79 Å². The minimum atomic E-state index is -0.706. The number of hydrogen-bond donors (Lipinski definition) is 0. The van der Waals surface area contributed by atoms with Gasteiger partial charge in [0.1, 0.15) is 34.0 Å². The average Bonchev–Trinajstić information content (AvgIpc) is 3.53. The summed E-state index contributed by atoms with van der Waals surface area (Å²) in [5.74, 6) is 0.0233. The van der Waals surface area contributed by atoms with E-state index in [1.54, 1.807) is 32.9 Å². The molecule has 10 heteroatoms. The number of carbonyl (C=O) groups is 2. The first kappa shape index (κ1) is 28.0. The Balaban J connectivity index is 1.65. The molecule has 9 nitrogen and oxygen atoms in total. The van der Waals surface area contributed by atoms with E-state index in [0.29, 0.717) is 29.2 Å². The number of rotatable bonds is 7. The van der Waals surface area contributed by atoms with Crippen LogP contribution < -0.4 is 4.74 Å². The van der Waals surface area contributed by atoms with Gasteiger partial charge in [-0.25, -0.2) is 4.79 Å². The van der Waals surface area contributed by atoms with Crippen LogP contribution in [0.3, 0.4) is 0 Å². The van der Waals surface area contributed by atoms with Gasteiger partial charge in [-0.1, -0.05) is 29.5 Å². The van der Waals surface area contributed by atoms with Crippen LogP contribution in [0, 0.1) is 11.3 Å². The van der Waals surface area contributed by atoms with Crippen molar-refractivity contribution in [3.63, 3.8) is 0 Å². The molecule has 0 bridgehead atoms. The van der Waals surface area contributed by atoms with Crippen molar-refractivity contribution in [2.45, 2.75) is 65.2 Å². The van der Waals surface area contributed by atoms with Gasteiger partial charge in [0, 0.05) is 11.1 Å². The fourth-order valence-electron chi connectivity index (χ4n) is 4.54. The predicted octanol–water partition coefficient (Wildman–Crippen LogP) is 5.93. The van der Waals surface area contributed by atoms with Crippen LogP contribution in [0.1, 0.15) is 63.8 Å². The zero-order chi connectivity index (χ0) is 28.3. The van der Waals surface area contributed by atoms with Gasteiger partial charge in [0.2, 0.25) is 0 Å². The van der Waals surface area contributed by atoms with E-state index in [1.165, 1.54) is 23.3 Å². The maximum Gasteiger partial charge on any atom is 0.411 e. The number of nitrogens with zero attached hydrogens (tertiary/aromatic N) is 4. The lowest BCUT2D eigenvalue weighted by molar-refractivity contribution is -0.142. The summed E-state index contributed by atoms with van der Waals surface area (Å²) in [7, 11) is 1.30. The Morgan fingerprint density at radius 2 is 1.92 bits per heavy atom. The molecule has 2 aromatic carbocycles. The van der Waals surface area contributed by atoms with Gasteiger partial charge in [-0.3, -0.25) is 9.69 Å². The third-order valence-electron chi connectivity index (χ3n) is 6.14. The summed E-state index contributed by atoms with van der Waals surface area (Å²) in [5, 5.41) is 19.9. The molecule has 4 rings (SSSR count). The Labute approximate surface area is 232 Å². The predicted molar refractivity (Wildman–Crippen MR) is 147 cm³/mol. The normalized spacial score (nSPS) is 14.5. The number of carbonyl (C=O) groups excluding carboxylic acids is 2. The SMILES string of the molecule is COC(=O)CN(C(=O)OC(C)(C)C)[C@H]1CCc2c(-c3nnc(-c4ccc(OC(C)C)c(C#N)c4)s3)cccc21. The molecule has 0 unspecified atom stereocenters. The van der Waals surface area contributed by atoms with Crippen molar-refractivity contribution in [2.75, 3.05) is 13.7 Å². The molecule has 0 fully saturated rings. The lowest BCUT2D eigenvalue weighted by Gasteiger charge is -2.31. The van der Waals surface area contributed by atoms with E-state index < -0.39 is 17.7 Å². The summed E-state index contributed by atoms with van der Waals surface area (Å²) in [6.07, 6.45) is 0.731. The fraction of sp³-hybridized carbons (Fsp3) is 0.414. The molecular formula is C29H32N4O5S. The molecular weight excluding hydrogens is 516 g/mol. The molecule has 1 aliphatic carbocycles. The van der Waals surface area contributed by atoms with Gasteiger partial charge in [-0.15, -0.1) is 10.2 Å². The van der Waals surface area contributed by atoms with Gasteiger partial charge in [-0.05, 0) is 76.8 Å². The van der Waals surface area contributed by atoms with E-state index in [4.69, 9.17) is 14.2 Å². The molecule has 39 heavy (non-hydrogen) atoms. The summed E-state index contributed by atoms with van der Waals surface area (Å²) in [6, 6.07) is 13.2. The highest BCUT2D eigenvalue weighted by Gasteiger charge is 2.36. The minimum Gasteiger partial charge on any atom is -0.490 e. The zero-order valence-corrected chi connectivity index (χ0v) is 23.8. The molecule has 1 amide bonds. The van der Waals surface area contributed by atoms with Crippen molar-refractivity contribution in [3.8, 4) is 33.0 Å². The van der Waals surface area contributed by atoms with Crippen molar-refractivity contribution >= 4 is 23.4 Å². The first-order valence-electron chi connectivity index (χ1n) is 12.7. The van der Waals surface area contributed by atoms with E-state index in [-0.39, 0.29) is 18.7 Å². The van der Waals surface area contributed by atoms with Crippen molar-refractivity contribution in [1.82, 2.24) is 15.1 Å². The Kier molecular flexibility index (Phi) is 8.21. The monoisotopic (exact) mass is 548 g/mol. The maximum absolute atomic E-state index is 13.1. The van der Waals surface area contributed by atoms with Crippen LogP contribution >= 0.6 is 11.3 Å². The number of aromatic nitrogens is 2. The van der Waals surface area contributed by atoms with Crippen molar-refractivity contribution in [1.29, 1.82) is 5.26 Å². The molecule has 0 aliphatic heterocycles. The zero-order valence-electron chi connectivity index (χ0n) is 23.0. The summed E-state index contributed by atoms with van der Waals surface area (Å²) in [5.41, 5.74) is 3.45. The van der Waals surface area contributed by atoms with Gasteiger partial charge >= 0.3 is 12.1 Å². The first-order chi connectivity index (χ1) is 18.5. The van der Waals surface area contributed by atoms with Crippen LogP contribution in [0.2, 0.25) is 0 Å². The van der Waals surface area contributed by atoms with Crippen molar-refractivity contribution in [2.24, 2.45) is 0 Å². The highest BCUT2D eigenvalue weighted by atomic mass is 32.1. The largest absolute Gasteiger partial charge is 0.490 e. The third-order valence-corrected chi connectivity index (χ3v) is 7.14. The van der Waals surface area contributed by atoms with Crippen LogP contribution in [0.5, 0.6) is 5.75 Å². The molecule has 0 saturated carbocycles. The second kappa shape index (κ2) is 11.4. The van der Waals surface area contributed by atoms with Gasteiger partial charge in [0.05, 0.1) is 24.8 Å². The number of nitriles is 1. The maximum atomic E-state index is 13.1. The summed E-state index contributed by atoms with van der Waals surface area (Å²) < 4.78 is 16.2. The summed E-state index contributed by atoms with van der Waals surface area (Å²) in [4.78, 5) is 26.7. The fourth-order valence-corrected chi connectivity index (χ4v) is 5.43. The number of amides is 1. The van der Waals surface area contributed by atoms with E-state index in [2.05, 4.69) is 16.3 Å². The molecule has 1 aromatic heterocycles. The lowest BCUT2D eigenvalue weighted by atomic mass is 10.0. The molecule has 0 radical (unpaired) electrons. The number of ether oxygens (including phenoxy) is 3. The van der Waals surface area contributed by atoms with Crippen LogP contribution in [-0.4, -0.2) is 52.5 Å². The third kappa shape index (κ3) is 6.37. The molecule has 204 valence electrons. The van der Waals surface area contributed by atoms with E-state index in [9.17, 15) is 14.9 Å². The minimum absolute atomic E-state index is 0.0426. The standard InChI is InChI=1S/C29H32N4O5S/c1-17(2)37-24-13-10-18(14-19(24)15-30)26-31-32-27(39-26)22-9-7-8-21-20(22)11-12-23(21)33(16-25(34)36-6)28(35)38-29(3,4)5/h7-10,13-14,17,23H,11-12,16H2,1-6H3/t23-/m0/s1. The number of hydrogen-bond acceptors (Lipinski definition) is 9. The molecule has 1 heterocycles. The van der Waals surface area contributed by atoms with E-state index in [0.717, 1.165) is 27.3 Å². The Hall–Kier alpha value is -3.97. The topological polar surface area (TPSA) is 115 Å². The molecule has 0 spiro atoms. The Bertz CT molecular complexity index is 1420. The van der Waals surface area contributed by atoms with Gasteiger partial charge in [-0.2, -0.15) is 5.26 Å². The van der Waals surface area contributed by atoms with E-state index in [1.807, 2.05) is 38.1 Å². The van der Waals surface area contributed by atoms with Crippen molar-refractivity contribution in [3.05, 3.63) is 53.1 Å². The number of methoxy groups -OCH3 is 1. The van der Waals surface area contributed by atoms with E-state index >= 15 is 0 Å². The second-order valence-electron chi connectivity index (χ2n) is 10.5. The van der Waals surface area contributed by atoms with Gasteiger partial charge < -0.3 is 14.2 Å². The first-order valence-corrected chi connectivity index (χ1v) is 13.6. The smallest absolute Gasteiger partial charge is 0.411 e. The molecule has 1 atom stereocenters.